The summed E-state index contributed by atoms with van der Waals surface area (Å²) in [6.07, 6.45) is 2.58. The van der Waals surface area contributed by atoms with Crippen molar-refractivity contribution in [3.05, 3.63) is 0 Å². The molecule has 0 aliphatic rings. The molecule has 0 aromatic heterocycles. The molecule has 0 bridgehead atoms. The molecule has 0 rings (SSSR count). The summed E-state index contributed by atoms with van der Waals surface area (Å²) in [4.78, 5) is 0. The molecule has 9 heavy (non-hydrogen) atoms. The maximum atomic E-state index is 10.6. The summed E-state index contributed by atoms with van der Waals surface area (Å²) in [7, 11) is 0.991. The first-order chi connectivity index (χ1) is 4.18. The molecule has 0 fully saturated rings. The number of hydrogen-bond acceptors (Lipinski definition) is 2. The molecule has 0 spiro atoms. The summed E-state index contributed by atoms with van der Waals surface area (Å²) in [6, 6.07) is 0. The molecular weight excluding hydrogens is 136 g/mol. The number of hydrogen-bond donors (Lipinski definition) is 1. The fourth-order valence-electron chi connectivity index (χ4n) is 0.443. The molecule has 0 saturated carbocycles. The van der Waals surface area contributed by atoms with E-state index in [4.69, 9.17) is 5.73 Å². The van der Waals surface area contributed by atoms with E-state index in [1.165, 1.54) is 0 Å². The summed E-state index contributed by atoms with van der Waals surface area (Å²) >= 11 is 0. The Kier molecular flexibility index (Phi) is 4.94. The van der Waals surface area contributed by atoms with Gasteiger partial charge in [-0.15, -0.1) is 0 Å². The molecule has 0 saturated heterocycles. The van der Waals surface area contributed by atoms with Gasteiger partial charge in [-0.05, 0) is 20.0 Å². The van der Waals surface area contributed by atoms with Crippen molar-refractivity contribution in [1.29, 1.82) is 0 Å². The second kappa shape index (κ2) is 4.90. The summed E-state index contributed by atoms with van der Waals surface area (Å²) < 4.78 is 12.4. The number of nitrogens with zero attached hydrogens (tertiary/aromatic N) is 1. The van der Waals surface area contributed by atoms with Gasteiger partial charge in [0, 0.05) is 12.8 Å². The van der Waals surface area contributed by atoms with Crippen LogP contribution in [0.25, 0.3) is 0 Å². The third kappa shape index (κ3) is 4.57. The predicted octanol–water partition coefficient (Wildman–Crippen LogP) is -0.439. The Balaban J connectivity index is 3.27. The van der Waals surface area contributed by atoms with Crippen LogP contribution in [0.3, 0.4) is 0 Å². The lowest BCUT2D eigenvalue weighted by Gasteiger charge is -2.10. The van der Waals surface area contributed by atoms with Crippen molar-refractivity contribution < 1.29 is 4.21 Å². The minimum absolute atomic E-state index is 0.668. The number of rotatable bonds is 4. The van der Waals surface area contributed by atoms with Crippen LogP contribution in [0.4, 0.5) is 0 Å². The van der Waals surface area contributed by atoms with E-state index in [-0.39, 0.29) is 0 Å². The molecule has 1 atom stereocenters. The highest BCUT2D eigenvalue weighted by atomic mass is 32.2. The molecule has 4 heteroatoms. The summed E-state index contributed by atoms with van der Waals surface area (Å²) in [5.41, 5.74) is 5.25. The second-order valence-corrected chi connectivity index (χ2v) is 3.39. The normalized spacial score (nSPS) is 14.2. The highest BCUT2D eigenvalue weighted by Crippen LogP contribution is 1.87. The zero-order valence-corrected chi connectivity index (χ0v) is 6.78. The molecule has 0 heterocycles. The van der Waals surface area contributed by atoms with Gasteiger partial charge in [-0.2, -0.15) is 0 Å². The van der Waals surface area contributed by atoms with Crippen molar-refractivity contribution in [3.63, 3.8) is 0 Å². The Labute approximate surface area is 58.8 Å². The van der Waals surface area contributed by atoms with Crippen LogP contribution in [0.15, 0.2) is 0 Å². The first kappa shape index (κ1) is 9.07. The van der Waals surface area contributed by atoms with Crippen molar-refractivity contribution in [2.45, 2.75) is 6.42 Å². The molecule has 0 aromatic rings. The minimum atomic E-state index is -0.834. The largest absolute Gasteiger partial charge is 0.330 e. The quantitative estimate of drug-likeness (QED) is 0.590. The Morgan fingerprint density at radius 1 is 1.67 bits per heavy atom. The van der Waals surface area contributed by atoms with Gasteiger partial charge in [-0.25, -0.2) is 8.51 Å². The Bertz CT molecular complexity index is 97.0. The highest BCUT2D eigenvalue weighted by molar-refractivity contribution is 7.81. The van der Waals surface area contributed by atoms with Crippen molar-refractivity contribution in [2.75, 3.05) is 26.4 Å². The zero-order chi connectivity index (χ0) is 7.28. The predicted molar refractivity (Wildman–Crippen MR) is 40.4 cm³/mol. The molecule has 0 amide bonds. The van der Waals surface area contributed by atoms with Gasteiger partial charge in [0.15, 0.2) is 0 Å². The third-order valence-electron chi connectivity index (χ3n) is 1.12. The monoisotopic (exact) mass is 150 g/mol. The first-order valence-corrected chi connectivity index (χ1v) is 4.44. The van der Waals surface area contributed by atoms with Crippen LogP contribution in [-0.2, 0) is 11.0 Å². The topological polar surface area (TPSA) is 46.3 Å². The van der Waals surface area contributed by atoms with E-state index in [1.54, 1.807) is 10.6 Å². The van der Waals surface area contributed by atoms with Gasteiger partial charge in [0.1, 0.15) is 0 Å². The average molecular weight is 150 g/mol. The smallest absolute Gasteiger partial charge is 0.0908 e. The Morgan fingerprint density at radius 2 is 2.22 bits per heavy atom. The lowest BCUT2D eigenvalue weighted by atomic mass is 10.4. The number of nitrogens with two attached hydrogens (primary N) is 1. The van der Waals surface area contributed by atoms with E-state index in [0.717, 1.165) is 13.0 Å². The molecular formula is C5H14N2OS. The van der Waals surface area contributed by atoms with E-state index in [9.17, 15) is 4.21 Å². The van der Waals surface area contributed by atoms with Crippen LogP contribution in [0.5, 0.6) is 0 Å². The fourth-order valence-corrected chi connectivity index (χ4v) is 0.829. The summed E-state index contributed by atoms with van der Waals surface area (Å²) in [5.74, 6) is 0. The molecule has 2 N–H and O–H groups in total. The maximum absolute atomic E-state index is 10.6. The van der Waals surface area contributed by atoms with Crippen LogP contribution >= 0.6 is 0 Å². The SMILES string of the molecule is CN(CCCN)S(C)=O. The van der Waals surface area contributed by atoms with E-state index in [1.807, 2.05) is 7.05 Å². The fraction of sp³-hybridized carbons (Fsp3) is 1.00. The highest BCUT2D eigenvalue weighted by Gasteiger charge is 1.98. The van der Waals surface area contributed by atoms with Crippen molar-refractivity contribution in [3.8, 4) is 0 Å². The van der Waals surface area contributed by atoms with E-state index in [2.05, 4.69) is 0 Å². The molecule has 0 aliphatic carbocycles. The van der Waals surface area contributed by atoms with Crippen LogP contribution in [0.1, 0.15) is 6.42 Å². The molecule has 1 unspecified atom stereocenters. The van der Waals surface area contributed by atoms with Crippen LogP contribution in [-0.4, -0.2) is 34.9 Å². The van der Waals surface area contributed by atoms with Crippen LogP contribution < -0.4 is 5.73 Å². The van der Waals surface area contributed by atoms with E-state index in [0.29, 0.717) is 6.54 Å². The van der Waals surface area contributed by atoms with Crippen LogP contribution in [0.2, 0.25) is 0 Å². The lowest BCUT2D eigenvalue weighted by Crippen LogP contribution is -2.22. The summed E-state index contributed by atoms with van der Waals surface area (Å²) in [6.45, 7) is 1.49. The summed E-state index contributed by atoms with van der Waals surface area (Å²) in [5, 5.41) is 0. The van der Waals surface area contributed by atoms with Crippen molar-refractivity contribution >= 4 is 11.0 Å². The minimum Gasteiger partial charge on any atom is -0.330 e. The van der Waals surface area contributed by atoms with Gasteiger partial charge in [-0.1, -0.05) is 0 Å². The lowest BCUT2D eigenvalue weighted by molar-refractivity contribution is 0.514. The van der Waals surface area contributed by atoms with Gasteiger partial charge >= 0.3 is 0 Å². The van der Waals surface area contributed by atoms with E-state index >= 15 is 0 Å². The van der Waals surface area contributed by atoms with Gasteiger partial charge in [0.25, 0.3) is 0 Å². The first-order valence-electron chi connectivity index (χ1n) is 2.93. The molecule has 56 valence electrons. The van der Waals surface area contributed by atoms with Crippen molar-refractivity contribution in [1.82, 2.24) is 4.31 Å². The maximum Gasteiger partial charge on any atom is 0.0908 e. The average Bonchev–Trinajstić information content (AvgIpc) is 1.82. The van der Waals surface area contributed by atoms with E-state index < -0.39 is 11.0 Å². The Morgan fingerprint density at radius 3 is 2.56 bits per heavy atom. The molecule has 0 aliphatic heterocycles. The Hall–Kier alpha value is 0.0700. The van der Waals surface area contributed by atoms with Crippen molar-refractivity contribution in [2.24, 2.45) is 5.73 Å². The van der Waals surface area contributed by atoms with Gasteiger partial charge < -0.3 is 5.73 Å². The second-order valence-electron chi connectivity index (χ2n) is 1.92. The standard InChI is InChI=1S/C5H14N2OS/c1-7(9(2)8)5-3-4-6/h3-6H2,1-2H3. The van der Waals surface area contributed by atoms with Gasteiger partial charge in [-0.3, -0.25) is 0 Å². The third-order valence-corrected chi connectivity index (χ3v) is 2.18. The van der Waals surface area contributed by atoms with Gasteiger partial charge in [0.05, 0.1) is 11.0 Å². The molecule has 0 radical (unpaired) electrons. The molecule has 3 nitrogen and oxygen atoms in total. The molecule has 0 aromatic carbocycles. The van der Waals surface area contributed by atoms with Crippen LogP contribution in [0, 0.1) is 0 Å². The zero-order valence-electron chi connectivity index (χ0n) is 5.96. The van der Waals surface area contributed by atoms with Gasteiger partial charge in [0.2, 0.25) is 0 Å².